The third kappa shape index (κ3) is 1.36. The molecule has 2 amide bonds. The molecule has 2 unspecified atom stereocenters. The van der Waals surface area contributed by atoms with Crippen molar-refractivity contribution in [1.82, 2.24) is 10.2 Å². The van der Waals surface area contributed by atoms with Crippen molar-refractivity contribution in [3.8, 4) is 0 Å². The molecule has 1 aliphatic carbocycles. The summed E-state index contributed by atoms with van der Waals surface area (Å²) in [4.78, 5) is 13.6. The number of urea groups is 1. The maximum atomic E-state index is 11.8. The van der Waals surface area contributed by atoms with E-state index in [0.717, 1.165) is 25.1 Å². The van der Waals surface area contributed by atoms with Gasteiger partial charge in [-0.1, -0.05) is 12.2 Å². The Morgan fingerprint density at radius 2 is 2.47 bits per heavy atom. The number of amides is 2. The molecule has 0 spiro atoms. The van der Waals surface area contributed by atoms with Crippen LogP contribution in [0.4, 0.5) is 4.79 Å². The monoisotopic (exact) mass is 206 g/mol. The Morgan fingerprint density at radius 1 is 1.53 bits per heavy atom. The van der Waals surface area contributed by atoms with Crippen molar-refractivity contribution in [3.63, 3.8) is 0 Å². The highest BCUT2D eigenvalue weighted by molar-refractivity contribution is 5.78. The van der Waals surface area contributed by atoms with Crippen molar-refractivity contribution in [3.05, 3.63) is 23.9 Å². The summed E-state index contributed by atoms with van der Waals surface area (Å²) < 4.78 is 5.32. The van der Waals surface area contributed by atoms with E-state index in [4.69, 9.17) is 4.74 Å². The van der Waals surface area contributed by atoms with Crippen LogP contribution in [0.25, 0.3) is 0 Å². The molecule has 2 heterocycles. The number of fused-ring (bicyclic) bond motifs is 3. The SMILES string of the molecule is O=C1NC2=CC=CCC2C2CCOCN12. The van der Waals surface area contributed by atoms with Crippen LogP contribution in [0.15, 0.2) is 23.9 Å². The molecule has 2 saturated heterocycles. The number of hydrogen-bond acceptors (Lipinski definition) is 2. The molecule has 0 bridgehead atoms. The number of carbonyl (C=O) groups is 1. The molecule has 0 aromatic heterocycles. The van der Waals surface area contributed by atoms with Crippen molar-refractivity contribution < 1.29 is 9.53 Å². The third-order valence-corrected chi connectivity index (χ3v) is 3.37. The van der Waals surface area contributed by atoms with E-state index in [-0.39, 0.29) is 6.03 Å². The van der Waals surface area contributed by atoms with Crippen LogP contribution < -0.4 is 5.32 Å². The second kappa shape index (κ2) is 3.38. The van der Waals surface area contributed by atoms with Crippen molar-refractivity contribution in [2.45, 2.75) is 18.9 Å². The van der Waals surface area contributed by atoms with Crippen molar-refractivity contribution >= 4 is 6.03 Å². The molecule has 4 nitrogen and oxygen atoms in total. The van der Waals surface area contributed by atoms with Crippen LogP contribution in [0.1, 0.15) is 12.8 Å². The van der Waals surface area contributed by atoms with E-state index in [9.17, 15) is 4.79 Å². The number of ether oxygens (including phenoxy) is 1. The zero-order valence-electron chi connectivity index (χ0n) is 8.48. The fourth-order valence-electron chi connectivity index (χ4n) is 2.59. The minimum atomic E-state index is -0.0162. The fourth-order valence-corrected chi connectivity index (χ4v) is 2.59. The van der Waals surface area contributed by atoms with E-state index >= 15 is 0 Å². The minimum absolute atomic E-state index is 0.0162. The second-order valence-corrected chi connectivity index (χ2v) is 4.19. The zero-order chi connectivity index (χ0) is 10.3. The smallest absolute Gasteiger partial charge is 0.323 e. The molecule has 3 rings (SSSR count). The predicted molar refractivity (Wildman–Crippen MR) is 54.9 cm³/mol. The molecule has 1 N–H and O–H groups in total. The number of nitrogens with zero attached hydrogens (tertiary/aromatic N) is 1. The van der Waals surface area contributed by atoms with Gasteiger partial charge < -0.3 is 10.1 Å². The average Bonchev–Trinajstić information content (AvgIpc) is 2.30. The van der Waals surface area contributed by atoms with Gasteiger partial charge in [0.1, 0.15) is 6.73 Å². The maximum Gasteiger partial charge on any atom is 0.323 e. The summed E-state index contributed by atoms with van der Waals surface area (Å²) in [5.74, 6) is 0.441. The van der Waals surface area contributed by atoms with Crippen LogP contribution in [-0.2, 0) is 4.74 Å². The van der Waals surface area contributed by atoms with Gasteiger partial charge in [0.25, 0.3) is 0 Å². The number of carbonyl (C=O) groups excluding carboxylic acids is 1. The third-order valence-electron chi connectivity index (χ3n) is 3.37. The first-order valence-electron chi connectivity index (χ1n) is 5.38. The normalized spacial score (nSPS) is 34.0. The van der Waals surface area contributed by atoms with Crippen LogP contribution in [0.3, 0.4) is 0 Å². The molecular formula is C11H14N2O2. The second-order valence-electron chi connectivity index (χ2n) is 4.19. The summed E-state index contributed by atoms with van der Waals surface area (Å²) in [6.45, 7) is 1.20. The molecule has 2 aliphatic heterocycles. The highest BCUT2D eigenvalue weighted by Crippen LogP contribution is 2.32. The molecule has 3 aliphatic rings. The van der Waals surface area contributed by atoms with Crippen molar-refractivity contribution in [2.24, 2.45) is 5.92 Å². The fraction of sp³-hybridized carbons (Fsp3) is 0.545. The lowest BCUT2D eigenvalue weighted by Gasteiger charge is -2.45. The van der Waals surface area contributed by atoms with Gasteiger partial charge in [0, 0.05) is 17.7 Å². The van der Waals surface area contributed by atoms with Crippen LogP contribution in [-0.4, -0.2) is 30.3 Å². The van der Waals surface area contributed by atoms with E-state index < -0.39 is 0 Å². The van der Waals surface area contributed by atoms with Gasteiger partial charge in [-0.2, -0.15) is 0 Å². The zero-order valence-corrected chi connectivity index (χ0v) is 8.48. The predicted octanol–water partition coefficient (Wildman–Crippen LogP) is 1.22. The Morgan fingerprint density at radius 3 is 3.40 bits per heavy atom. The largest absolute Gasteiger partial charge is 0.361 e. The summed E-state index contributed by atoms with van der Waals surface area (Å²) in [6, 6.07) is 0.307. The summed E-state index contributed by atoms with van der Waals surface area (Å²) in [7, 11) is 0. The summed E-state index contributed by atoms with van der Waals surface area (Å²) in [5.41, 5.74) is 1.07. The summed E-state index contributed by atoms with van der Waals surface area (Å²) in [5, 5.41) is 2.93. The molecule has 80 valence electrons. The van der Waals surface area contributed by atoms with Crippen LogP contribution in [0.2, 0.25) is 0 Å². The summed E-state index contributed by atoms with van der Waals surface area (Å²) in [6.07, 6.45) is 8.16. The van der Waals surface area contributed by atoms with E-state index in [2.05, 4.69) is 11.4 Å². The average molecular weight is 206 g/mol. The molecule has 4 heteroatoms. The molecule has 0 aromatic carbocycles. The van der Waals surface area contributed by atoms with Gasteiger partial charge in [0.15, 0.2) is 0 Å². The molecular weight excluding hydrogens is 192 g/mol. The molecule has 0 aromatic rings. The van der Waals surface area contributed by atoms with Gasteiger partial charge in [0.2, 0.25) is 0 Å². The van der Waals surface area contributed by atoms with E-state index in [0.29, 0.717) is 18.7 Å². The lowest BCUT2D eigenvalue weighted by molar-refractivity contribution is -0.0412. The number of nitrogens with one attached hydrogen (secondary N) is 1. The van der Waals surface area contributed by atoms with Crippen LogP contribution >= 0.6 is 0 Å². The molecule has 0 saturated carbocycles. The first kappa shape index (κ1) is 8.97. The summed E-state index contributed by atoms with van der Waals surface area (Å²) >= 11 is 0. The Kier molecular flexibility index (Phi) is 2.02. The number of hydrogen-bond donors (Lipinski definition) is 1. The van der Waals surface area contributed by atoms with Gasteiger partial charge in [-0.05, 0) is 18.9 Å². The molecule has 0 radical (unpaired) electrons. The molecule has 2 atom stereocenters. The Labute approximate surface area is 88.6 Å². The highest BCUT2D eigenvalue weighted by atomic mass is 16.5. The van der Waals surface area contributed by atoms with Crippen LogP contribution in [0, 0.1) is 5.92 Å². The van der Waals surface area contributed by atoms with E-state index in [1.165, 1.54) is 0 Å². The minimum Gasteiger partial charge on any atom is -0.361 e. The van der Waals surface area contributed by atoms with Gasteiger partial charge in [-0.15, -0.1) is 0 Å². The molecule has 2 fully saturated rings. The standard InChI is InChI=1S/C11H14N2O2/c14-11-12-9-4-2-1-3-8(9)10-5-6-15-7-13(10)11/h1-2,4,8,10H,3,5-7H2,(H,12,14). The quantitative estimate of drug-likeness (QED) is 0.647. The van der Waals surface area contributed by atoms with Gasteiger partial charge >= 0.3 is 6.03 Å². The number of allylic oxidation sites excluding steroid dienone is 3. The Hall–Kier alpha value is -1.29. The topological polar surface area (TPSA) is 41.6 Å². The lowest BCUT2D eigenvalue weighted by atomic mass is 9.85. The van der Waals surface area contributed by atoms with Gasteiger partial charge in [-0.3, -0.25) is 4.90 Å². The van der Waals surface area contributed by atoms with Crippen LogP contribution in [0.5, 0.6) is 0 Å². The van der Waals surface area contributed by atoms with E-state index in [1.54, 1.807) is 0 Å². The highest BCUT2D eigenvalue weighted by Gasteiger charge is 2.40. The first-order chi connectivity index (χ1) is 7.36. The first-order valence-corrected chi connectivity index (χ1v) is 5.38. The number of rotatable bonds is 0. The maximum absolute atomic E-state index is 11.8. The Bertz CT molecular complexity index is 348. The van der Waals surface area contributed by atoms with E-state index in [1.807, 2.05) is 17.1 Å². The molecule has 15 heavy (non-hydrogen) atoms. The van der Waals surface area contributed by atoms with Crippen molar-refractivity contribution in [2.75, 3.05) is 13.3 Å². The van der Waals surface area contributed by atoms with Crippen molar-refractivity contribution in [1.29, 1.82) is 0 Å². The van der Waals surface area contributed by atoms with Gasteiger partial charge in [-0.25, -0.2) is 4.79 Å². The lowest BCUT2D eigenvalue weighted by Crippen LogP contribution is -2.59. The Balaban J connectivity index is 1.91. The van der Waals surface area contributed by atoms with Gasteiger partial charge in [0.05, 0.1) is 6.61 Å².